The van der Waals surface area contributed by atoms with Gasteiger partial charge in [0.2, 0.25) is 10.0 Å². The molecular weight excluding hydrogens is 408 g/mol. The summed E-state index contributed by atoms with van der Waals surface area (Å²) in [5.41, 5.74) is 3.37. The van der Waals surface area contributed by atoms with Crippen molar-refractivity contribution in [2.45, 2.75) is 32.2 Å². The molecule has 0 atom stereocenters. The molecular formula is C20H24N4O3S2. The van der Waals surface area contributed by atoms with Crippen LogP contribution in [0.2, 0.25) is 0 Å². The summed E-state index contributed by atoms with van der Waals surface area (Å²) in [5, 5.41) is 1.92. The van der Waals surface area contributed by atoms with Gasteiger partial charge < -0.3 is 0 Å². The van der Waals surface area contributed by atoms with Crippen LogP contribution in [0.5, 0.6) is 0 Å². The van der Waals surface area contributed by atoms with Gasteiger partial charge in [0.1, 0.15) is 0 Å². The van der Waals surface area contributed by atoms with Crippen molar-refractivity contribution < 1.29 is 8.42 Å². The van der Waals surface area contributed by atoms with Crippen molar-refractivity contribution in [3.63, 3.8) is 0 Å². The van der Waals surface area contributed by atoms with E-state index in [9.17, 15) is 13.2 Å². The molecule has 0 unspecified atom stereocenters. The molecule has 0 radical (unpaired) electrons. The number of thiazole rings is 1. The Hall–Kier alpha value is -2.07. The highest BCUT2D eigenvalue weighted by molar-refractivity contribution is 7.89. The third-order valence-corrected chi connectivity index (χ3v) is 8.30. The van der Waals surface area contributed by atoms with Gasteiger partial charge in [-0.15, -0.1) is 11.3 Å². The molecule has 29 heavy (non-hydrogen) atoms. The van der Waals surface area contributed by atoms with Crippen LogP contribution in [0.4, 0.5) is 0 Å². The molecule has 0 amide bonds. The first-order chi connectivity index (χ1) is 13.8. The average Bonchev–Trinajstić information content (AvgIpc) is 3.03. The SMILES string of the molecule is Cc1ccc(S(=O)(=O)N2CCN(Cc3cc(=O)n4c(C)csc4n3)CC2)c(C)c1. The summed E-state index contributed by atoms with van der Waals surface area (Å²) in [5.74, 6) is 0. The van der Waals surface area contributed by atoms with Gasteiger partial charge in [0, 0.05) is 49.9 Å². The van der Waals surface area contributed by atoms with Crippen molar-refractivity contribution in [1.82, 2.24) is 18.6 Å². The number of hydrogen-bond acceptors (Lipinski definition) is 6. The first-order valence-corrected chi connectivity index (χ1v) is 11.8. The topological polar surface area (TPSA) is 75.0 Å². The zero-order valence-electron chi connectivity index (χ0n) is 16.8. The van der Waals surface area contributed by atoms with E-state index >= 15 is 0 Å². The molecule has 2 aromatic heterocycles. The molecule has 154 valence electrons. The predicted octanol–water partition coefficient (Wildman–Crippen LogP) is 2.19. The molecule has 0 saturated carbocycles. The van der Waals surface area contributed by atoms with Gasteiger partial charge >= 0.3 is 0 Å². The van der Waals surface area contributed by atoms with Crippen LogP contribution in [0, 0.1) is 20.8 Å². The van der Waals surface area contributed by atoms with E-state index in [-0.39, 0.29) is 5.56 Å². The maximum Gasteiger partial charge on any atom is 0.259 e. The zero-order valence-corrected chi connectivity index (χ0v) is 18.4. The standard InChI is InChI=1S/C20H24N4O3S2/c1-14-4-5-18(15(2)10-14)29(26,27)23-8-6-22(7-9-23)12-17-11-19(25)24-16(3)13-28-20(24)21-17/h4-5,10-11,13H,6-9,12H2,1-3H3. The third-order valence-electron chi connectivity index (χ3n) is 5.29. The minimum Gasteiger partial charge on any atom is -0.295 e. The minimum absolute atomic E-state index is 0.0696. The van der Waals surface area contributed by atoms with E-state index in [1.807, 2.05) is 38.3 Å². The number of aromatic nitrogens is 2. The zero-order chi connectivity index (χ0) is 20.8. The molecule has 1 aliphatic rings. The predicted molar refractivity (Wildman–Crippen MR) is 114 cm³/mol. The summed E-state index contributed by atoms with van der Waals surface area (Å²) in [4.78, 5) is 20.2. The van der Waals surface area contributed by atoms with Crippen LogP contribution in [0.1, 0.15) is 22.5 Å². The van der Waals surface area contributed by atoms with Gasteiger partial charge in [-0.05, 0) is 32.4 Å². The van der Waals surface area contributed by atoms with Gasteiger partial charge in [-0.1, -0.05) is 17.7 Å². The minimum atomic E-state index is -3.50. The van der Waals surface area contributed by atoms with E-state index in [1.165, 1.54) is 11.3 Å². The van der Waals surface area contributed by atoms with Crippen LogP contribution in [0.15, 0.2) is 39.3 Å². The summed E-state index contributed by atoms with van der Waals surface area (Å²) < 4.78 is 29.2. The number of rotatable bonds is 4. The van der Waals surface area contributed by atoms with Crippen molar-refractivity contribution in [2.24, 2.45) is 0 Å². The summed E-state index contributed by atoms with van der Waals surface area (Å²) in [6.07, 6.45) is 0. The van der Waals surface area contributed by atoms with Crippen LogP contribution >= 0.6 is 11.3 Å². The van der Waals surface area contributed by atoms with Gasteiger partial charge in [-0.2, -0.15) is 4.31 Å². The van der Waals surface area contributed by atoms with Crippen LogP contribution in [0.3, 0.4) is 0 Å². The van der Waals surface area contributed by atoms with Gasteiger partial charge in [0.25, 0.3) is 5.56 Å². The fourth-order valence-electron chi connectivity index (χ4n) is 3.77. The van der Waals surface area contributed by atoms with E-state index in [2.05, 4.69) is 9.88 Å². The van der Waals surface area contributed by atoms with Crippen LogP contribution < -0.4 is 5.56 Å². The molecule has 9 heteroatoms. The molecule has 1 fully saturated rings. The molecule has 1 aliphatic heterocycles. The Morgan fingerprint density at radius 2 is 1.79 bits per heavy atom. The van der Waals surface area contributed by atoms with Crippen LogP contribution in [-0.2, 0) is 16.6 Å². The highest BCUT2D eigenvalue weighted by Crippen LogP contribution is 2.22. The van der Waals surface area contributed by atoms with Gasteiger partial charge in [-0.25, -0.2) is 13.4 Å². The van der Waals surface area contributed by atoms with Crippen LogP contribution in [0.25, 0.3) is 4.96 Å². The van der Waals surface area contributed by atoms with E-state index < -0.39 is 10.0 Å². The van der Waals surface area contributed by atoms with E-state index in [1.54, 1.807) is 20.8 Å². The summed E-state index contributed by atoms with van der Waals surface area (Å²) >= 11 is 1.45. The lowest BCUT2D eigenvalue weighted by Gasteiger charge is -2.34. The van der Waals surface area contributed by atoms with Crippen molar-refractivity contribution >= 4 is 26.3 Å². The molecule has 0 bridgehead atoms. The Morgan fingerprint density at radius 3 is 2.48 bits per heavy atom. The second-order valence-corrected chi connectivity index (χ2v) is 10.3. The lowest BCUT2D eigenvalue weighted by atomic mass is 10.2. The number of sulfonamides is 1. The Bertz CT molecular complexity index is 1220. The van der Waals surface area contributed by atoms with Crippen LogP contribution in [-0.4, -0.2) is 53.2 Å². The second-order valence-electron chi connectivity index (χ2n) is 7.53. The monoisotopic (exact) mass is 432 g/mol. The molecule has 7 nitrogen and oxygen atoms in total. The van der Waals surface area contributed by atoms with E-state index in [0.717, 1.165) is 22.5 Å². The quantitative estimate of drug-likeness (QED) is 0.632. The summed E-state index contributed by atoms with van der Waals surface area (Å²) in [7, 11) is -3.50. The van der Waals surface area contributed by atoms with Crippen molar-refractivity contribution in [3.8, 4) is 0 Å². The Balaban J connectivity index is 1.46. The number of benzene rings is 1. The normalized spacial score (nSPS) is 16.5. The average molecular weight is 433 g/mol. The highest BCUT2D eigenvalue weighted by atomic mass is 32.2. The molecule has 1 saturated heterocycles. The highest BCUT2D eigenvalue weighted by Gasteiger charge is 2.29. The second kappa shape index (κ2) is 7.64. The summed E-state index contributed by atoms with van der Waals surface area (Å²) in [6.45, 7) is 8.29. The van der Waals surface area contributed by atoms with Crippen molar-refractivity contribution in [3.05, 3.63) is 62.5 Å². The van der Waals surface area contributed by atoms with Crippen molar-refractivity contribution in [1.29, 1.82) is 0 Å². The fourth-order valence-corrected chi connectivity index (χ4v) is 6.29. The molecule has 3 heterocycles. The van der Waals surface area contributed by atoms with Crippen molar-refractivity contribution in [2.75, 3.05) is 26.2 Å². The molecule has 0 aliphatic carbocycles. The smallest absolute Gasteiger partial charge is 0.259 e. The number of nitrogens with zero attached hydrogens (tertiary/aromatic N) is 4. The van der Waals surface area contributed by atoms with Gasteiger partial charge in [0.05, 0.1) is 10.6 Å². The Labute approximate surface area is 174 Å². The molecule has 1 aromatic carbocycles. The molecule has 0 spiro atoms. The first-order valence-electron chi connectivity index (χ1n) is 9.52. The molecule has 0 N–H and O–H groups in total. The number of hydrogen-bond donors (Lipinski definition) is 0. The van der Waals surface area contributed by atoms with E-state index in [4.69, 9.17) is 0 Å². The summed E-state index contributed by atoms with van der Waals surface area (Å²) in [6, 6.07) is 7.01. The maximum absolute atomic E-state index is 13.0. The number of aryl methyl sites for hydroxylation is 3. The third kappa shape index (κ3) is 3.87. The first kappa shape index (κ1) is 20.2. The Kier molecular flexibility index (Phi) is 5.32. The lowest BCUT2D eigenvalue weighted by Crippen LogP contribution is -2.48. The molecule has 3 aromatic rings. The fraction of sp³-hybridized carbons (Fsp3) is 0.400. The van der Waals surface area contributed by atoms with E-state index in [0.29, 0.717) is 42.6 Å². The largest absolute Gasteiger partial charge is 0.295 e. The Morgan fingerprint density at radius 1 is 1.07 bits per heavy atom. The lowest BCUT2D eigenvalue weighted by molar-refractivity contribution is 0.180. The van der Waals surface area contributed by atoms with Gasteiger partial charge in [0.15, 0.2) is 4.96 Å². The maximum atomic E-state index is 13.0. The number of fused-ring (bicyclic) bond motifs is 1. The number of piperazine rings is 1. The molecule has 4 rings (SSSR count). The van der Waals surface area contributed by atoms with Gasteiger partial charge in [-0.3, -0.25) is 14.1 Å².